The molecular weight excluding hydrogens is 578 g/mol. The van der Waals surface area contributed by atoms with Crippen molar-refractivity contribution in [2.75, 3.05) is 25.0 Å². The minimum atomic E-state index is -1.08. The minimum absolute atomic E-state index is 0.0517. The molecule has 3 amide bonds. The second-order valence-electron chi connectivity index (χ2n) is 13.0. The molecule has 1 unspecified atom stereocenters. The van der Waals surface area contributed by atoms with Crippen LogP contribution >= 0.6 is 12.2 Å². The number of fused-ring (bicyclic) bond motifs is 1. The fraction of sp³-hybridized carbons (Fsp3) is 0.571. The molecule has 0 saturated carbocycles. The Kier molecular flexibility index (Phi) is 9.79. The summed E-state index contributed by atoms with van der Waals surface area (Å²) in [5.41, 5.74) is 4.06. The van der Waals surface area contributed by atoms with E-state index in [1.807, 2.05) is 0 Å². The normalized spacial score (nSPS) is 15.9. The first kappa shape index (κ1) is 33.4. The van der Waals surface area contributed by atoms with Gasteiger partial charge in [0.1, 0.15) is 22.8 Å². The zero-order chi connectivity index (χ0) is 32.3. The van der Waals surface area contributed by atoms with E-state index in [2.05, 4.69) is 21.3 Å². The number of piperazine rings is 1. The molecule has 1 atom stereocenters. The summed E-state index contributed by atoms with van der Waals surface area (Å²) in [4.78, 5) is 54.0. The predicted molar refractivity (Wildman–Crippen MR) is 163 cm³/mol. The quantitative estimate of drug-likeness (QED) is 0.254. The van der Waals surface area contributed by atoms with Crippen LogP contribution in [0.2, 0.25) is 0 Å². The van der Waals surface area contributed by atoms with Crippen LogP contribution in [0.15, 0.2) is 24.4 Å². The van der Waals surface area contributed by atoms with Crippen LogP contribution in [0.5, 0.6) is 0 Å². The van der Waals surface area contributed by atoms with Crippen LogP contribution in [0.1, 0.15) is 62.3 Å². The number of amides is 3. The molecule has 2 aromatic rings. The molecule has 14 nitrogen and oxygen atoms in total. The van der Waals surface area contributed by atoms with Crippen LogP contribution in [-0.4, -0.2) is 91.4 Å². The topological polar surface area (TPSA) is 156 Å². The van der Waals surface area contributed by atoms with Crippen molar-refractivity contribution in [2.45, 2.75) is 85.2 Å². The van der Waals surface area contributed by atoms with Gasteiger partial charge in [-0.1, -0.05) is 0 Å². The van der Waals surface area contributed by atoms with E-state index >= 15 is 0 Å². The lowest BCUT2D eigenvalue weighted by Gasteiger charge is -2.40. The highest BCUT2D eigenvalue weighted by molar-refractivity contribution is 7.80. The molecule has 1 aliphatic heterocycles. The summed E-state index contributed by atoms with van der Waals surface area (Å²) >= 11 is 5.34. The first-order valence-corrected chi connectivity index (χ1v) is 14.2. The number of anilines is 1. The first-order chi connectivity index (χ1) is 19.7. The zero-order valence-electron chi connectivity index (χ0n) is 26.1. The maximum Gasteiger partial charge on any atom is 0.435 e. The Bertz CT molecular complexity index is 1390. The largest absolute Gasteiger partial charge is 0.444 e. The number of hydrazine groups is 1. The second kappa shape index (κ2) is 12.6. The number of hydrogen-bond acceptors (Lipinski definition) is 9. The van der Waals surface area contributed by atoms with Crippen molar-refractivity contribution in [3.8, 4) is 0 Å². The van der Waals surface area contributed by atoms with E-state index in [0.29, 0.717) is 16.6 Å². The van der Waals surface area contributed by atoms with E-state index in [9.17, 15) is 19.2 Å². The Hall–Kier alpha value is -4.14. The van der Waals surface area contributed by atoms with Crippen LogP contribution in [0.25, 0.3) is 10.9 Å². The minimum Gasteiger partial charge on any atom is -0.444 e. The molecule has 1 aliphatic rings. The number of rotatable bonds is 2. The molecule has 15 heteroatoms. The van der Waals surface area contributed by atoms with Crippen molar-refractivity contribution in [2.24, 2.45) is 0 Å². The van der Waals surface area contributed by atoms with Crippen molar-refractivity contribution in [3.63, 3.8) is 0 Å². The molecule has 1 aromatic carbocycles. The fourth-order valence-electron chi connectivity index (χ4n) is 3.96. The Morgan fingerprint density at radius 1 is 0.837 bits per heavy atom. The summed E-state index contributed by atoms with van der Waals surface area (Å²) in [5.74, 6) is -0.614. The Labute approximate surface area is 256 Å². The molecular formula is C28H41N7O7S. The van der Waals surface area contributed by atoms with Crippen LogP contribution in [-0.2, 0) is 19.0 Å². The molecule has 1 saturated heterocycles. The highest BCUT2D eigenvalue weighted by atomic mass is 32.1. The van der Waals surface area contributed by atoms with Gasteiger partial charge in [0, 0.05) is 24.2 Å². The molecule has 1 aromatic heterocycles. The van der Waals surface area contributed by atoms with Crippen molar-refractivity contribution in [1.29, 1.82) is 0 Å². The van der Waals surface area contributed by atoms with Crippen molar-refractivity contribution in [1.82, 2.24) is 30.4 Å². The van der Waals surface area contributed by atoms with Crippen molar-refractivity contribution >= 4 is 58.1 Å². The number of thiocarbonyl (C=S) groups is 1. The molecule has 43 heavy (non-hydrogen) atoms. The summed E-state index contributed by atoms with van der Waals surface area (Å²) in [6.45, 7) is 15.8. The Morgan fingerprint density at radius 3 is 2.02 bits per heavy atom. The zero-order valence-corrected chi connectivity index (χ0v) is 26.9. The van der Waals surface area contributed by atoms with Gasteiger partial charge in [0.15, 0.2) is 5.11 Å². The molecule has 1 fully saturated rings. The van der Waals surface area contributed by atoms with Gasteiger partial charge in [0.2, 0.25) is 0 Å². The maximum absolute atomic E-state index is 13.3. The monoisotopic (exact) mass is 619 g/mol. The van der Waals surface area contributed by atoms with E-state index < -0.39 is 47.0 Å². The maximum atomic E-state index is 13.3. The summed E-state index contributed by atoms with van der Waals surface area (Å²) in [5, 5.41) is 7.78. The number of benzene rings is 1. The number of nitrogens with one attached hydrogen (secondary N) is 3. The highest BCUT2D eigenvalue weighted by Gasteiger charge is 2.40. The molecule has 3 rings (SSSR count). The summed E-state index contributed by atoms with van der Waals surface area (Å²) in [7, 11) is 0. The number of aromatic nitrogens is 2. The van der Waals surface area contributed by atoms with Crippen LogP contribution < -0.4 is 16.2 Å². The van der Waals surface area contributed by atoms with E-state index in [1.165, 1.54) is 20.7 Å². The van der Waals surface area contributed by atoms with E-state index in [-0.39, 0.29) is 24.7 Å². The third-order valence-corrected chi connectivity index (χ3v) is 5.86. The molecule has 0 bridgehead atoms. The Balaban J connectivity index is 1.67. The lowest BCUT2D eigenvalue weighted by Crippen LogP contribution is -2.64. The van der Waals surface area contributed by atoms with Gasteiger partial charge in [-0.05, 0) is 92.7 Å². The smallest absolute Gasteiger partial charge is 0.435 e. The highest BCUT2D eigenvalue weighted by Crippen LogP contribution is 2.21. The number of hydrogen-bond donors (Lipinski definition) is 3. The van der Waals surface area contributed by atoms with Gasteiger partial charge in [0.25, 0.3) is 5.91 Å². The van der Waals surface area contributed by atoms with Crippen molar-refractivity contribution in [3.05, 3.63) is 24.4 Å². The molecule has 3 N–H and O–H groups in total. The summed E-state index contributed by atoms with van der Waals surface area (Å²) in [6.07, 6.45) is -0.355. The molecule has 2 heterocycles. The molecule has 0 aliphatic carbocycles. The van der Waals surface area contributed by atoms with Gasteiger partial charge in [-0.3, -0.25) is 20.5 Å². The van der Waals surface area contributed by atoms with Crippen LogP contribution in [0.4, 0.5) is 20.1 Å². The third kappa shape index (κ3) is 9.70. The standard InChI is InChI=1S/C28H41N7O7S/c1-26(2,3)40-23(37)33-12-13-34(24(38)41-27(4,5)6)20(16-33)21(36)31-32-22(43)30-18-10-11-19-17(14-18)15-29-35(19)25(39)42-28(7,8)9/h10-11,14-15,20H,12-13,16H2,1-9H3,(H,31,36)(H2,30,32,43). The fourth-order valence-corrected chi connectivity index (χ4v) is 4.13. The number of carbonyl (C=O) groups excluding carboxylic acids is 4. The molecule has 236 valence electrons. The van der Waals surface area contributed by atoms with Gasteiger partial charge in [-0.25, -0.2) is 14.4 Å². The molecule has 0 radical (unpaired) electrons. The number of nitrogens with zero attached hydrogens (tertiary/aromatic N) is 4. The predicted octanol–water partition coefficient (Wildman–Crippen LogP) is 3.99. The lowest BCUT2D eigenvalue weighted by atomic mass is 10.1. The van der Waals surface area contributed by atoms with E-state index in [4.69, 9.17) is 26.4 Å². The van der Waals surface area contributed by atoms with E-state index in [1.54, 1.807) is 80.5 Å². The number of ether oxygens (including phenoxy) is 3. The first-order valence-electron chi connectivity index (χ1n) is 13.8. The SMILES string of the molecule is CC(C)(C)OC(=O)N1CCN(C(=O)OC(C)(C)C)C(C(=O)NNC(=S)Nc2ccc3c(cnn3C(=O)OC(C)(C)C)c2)C1. The lowest BCUT2D eigenvalue weighted by molar-refractivity contribution is -0.129. The summed E-state index contributed by atoms with van der Waals surface area (Å²) in [6, 6.07) is 4.01. The van der Waals surface area contributed by atoms with E-state index in [0.717, 1.165) is 0 Å². The average Bonchev–Trinajstić information content (AvgIpc) is 3.27. The van der Waals surface area contributed by atoms with Gasteiger partial charge in [0.05, 0.1) is 18.3 Å². The van der Waals surface area contributed by atoms with Gasteiger partial charge < -0.3 is 24.4 Å². The third-order valence-electron chi connectivity index (χ3n) is 5.65. The second-order valence-corrected chi connectivity index (χ2v) is 13.4. The summed E-state index contributed by atoms with van der Waals surface area (Å²) < 4.78 is 17.5. The van der Waals surface area contributed by atoms with Gasteiger partial charge >= 0.3 is 18.3 Å². The average molecular weight is 620 g/mol. The van der Waals surface area contributed by atoms with Gasteiger partial charge in [-0.2, -0.15) is 9.78 Å². The van der Waals surface area contributed by atoms with Crippen LogP contribution in [0.3, 0.4) is 0 Å². The van der Waals surface area contributed by atoms with Crippen molar-refractivity contribution < 1.29 is 33.4 Å². The number of carbonyl (C=O) groups is 4. The van der Waals surface area contributed by atoms with Crippen LogP contribution in [0, 0.1) is 0 Å². The Morgan fingerprint density at radius 2 is 1.42 bits per heavy atom. The van der Waals surface area contributed by atoms with Gasteiger partial charge in [-0.15, -0.1) is 0 Å². The molecule has 0 spiro atoms.